The normalized spacial score (nSPS) is 12.5. The lowest BCUT2D eigenvalue weighted by Crippen LogP contribution is -2.05. The van der Waals surface area contributed by atoms with E-state index in [2.05, 4.69) is 48.8 Å². The summed E-state index contributed by atoms with van der Waals surface area (Å²) < 4.78 is 1.03. The van der Waals surface area contributed by atoms with Crippen molar-refractivity contribution < 1.29 is 5.11 Å². The molecule has 0 radical (unpaired) electrons. The third-order valence-electron chi connectivity index (χ3n) is 3.52. The fourth-order valence-electron chi connectivity index (χ4n) is 2.57. The predicted molar refractivity (Wildman–Crippen MR) is 83.6 cm³/mol. The maximum atomic E-state index is 10.6. The summed E-state index contributed by atoms with van der Waals surface area (Å²) in [5.74, 6) is 0. The van der Waals surface area contributed by atoms with Crippen molar-refractivity contribution in [1.29, 1.82) is 0 Å². The zero-order valence-electron chi connectivity index (χ0n) is 11.8. The van der Waals surface area contributed by atoms with Crippen molar-refractivity contribution in [2.24, 2.45) is 0 Å². The first-order valence-electron chi connectivity index (χ1n) is 6.42. The van der Waals surface area contributed by atoms with E-state index in [9.17, 15) is 5.11 Å². The first-order valence-corrected chi connectivity index (χ1v) is 7.21. The third kappa shape index (κ3) is 2.90. The smallest absolute Gasteiger partial charge is 0.105 e. The molecule has 1 atom stereocenters. The maximum Gasteiger partial charge on any atom is 0.105 e. The van der Waals surface area contributed by atoms with Crippen molar-refractivity contribution in [2.45, 2.75) is 33.8 Å². The Morgan fingerprint density at radius 1 is 0.895 bits per heavy atom. The van der Waals surface area contributed by atoms with Crippen molar-refractivity contribution >= 4 is 15.9 Å². The van der Waals surface area contributed by atoms with Crippen LogP contribution in [0.15, 0.2) is 34.8 Å². The summed E-state index contributed by atoms with van der Waals surface area (Å²) in [6.45, 7) is 8.24. The average Bonchev–Trinajstić information content (AvgIpc) is 2.31. The average molecular weight is 319 g/mol. The topological polar surface area (TPSA) is 20.2 Å². The SMILES string of the molecule is Cc1cc(C)c(C(O)c2ccc(C)c(Br)c2)c(C)c1. The monoisotopic (exact) mass is 318 g/mol. The summed E-state index contributed by atoms with van der Waals surface area (Å²) in [5.41, 5.74) is 6.63. The van der Waals surface area contributed by atoms with Crippen molar-refractivity contribution in [2.75, 3.05) is 0 Å². The number of halogens is 1. The van der Waals surface area contributed by atoms with E-state index in [1.807, 2.05) is 25.1 Å². The molecule has 1 unspecified atom stereocenters. The fourth-order valence-corrected chi connectivity index (χ4v) is 2.96. The molecule has 0 aliphatic carbocycles. The molecule has 100 valence electrons. The van der Waals surface area contributed by atoms with Crippen LogP contribution < -0.4 is 0 Å². The van der Waals surface area contributed by atoms with Crippen LogP contribution in [0.4, 0.5) is 0 Å². The van der Waals surface area contributed by atoms with Gasteiger partial charge < -0.3 is 5.11 Å². The van der Waals surface area contributed by atoms with Gasteiger partial charge in [-0.3, -0.25) is 0 Å². The van der Waals surface area contributed by atoms with E-state index in [1.165, 1.54) is 11.1 Å². The lowest BCUT2D eigenvalue weighted by atomic mass is 9.91. The molecule has 0 fully saturated rings. The van der Waals surface area contributed by atoms with Crippen LogP contribution >= 0.6 is 15.9 Å². The molecule has 0 heterocycles. The van der Waals surface area contributed by atoms with Crippen LogP contribution in [0.5, 0.6) is 0 Å². The molecule has 0 amide bonds. The number of benzene rings is 2. The van der Waals surface area contributed by atoms with Crippen molar-refractivity contribution in [3.05, 3.63) is 68.2 Å². The minimum absolute atomic E-state index is 0.572. The van der Waals surface area contributed by atoms with Crippen LogP contribution in [0.1, 0.15) is 39.5 Å². The van der Waals surface area contributed by atoms with Crippen molar-refractivity contribution in [3.63, 3.8) is 0 Å². The number of rotatable bonds is 2. The standard InChI is InChI=1S/C17H19BrO/c1-10-7-12(3)16(13(4)8-10)17(19)14-6-5-11(2)15(18)9-14/h5-9,17,19H,1-4H3. The number of hydrogen-bond acceptors (Lipinski definition) is 1. The molecule has 0 saturated heterocycles. The van der Waals surface area contributed by atoms with Crippen LogP contribution in [0, 0.1) is 27.7 Å². The second-order valence-corrected chi connectivity index (χ2v) is 6.08. The number of aliphatic hydroxyl groups excluding tert-OH is 1. The lowest BCUT2D eigenvalue weighted by Gasteiger charge is -2.18. The summed E-state index contributed by atoms with van der Waals surface area (Å²) in [7, 11) is 0. The van der Waals surface area contributed by atoms with Gasteiger partial charge in [-0.25, -0.2) is 0 Å². The summed E-state index contributed by atoms with van der Waals surface area (Å²) in [6.07, 6.45) is -0.572. The Balaban J connectivity index is 2.49. The largest absolute Gasteiger partial charge is 0.384 e. The van der Waals surface area contributed by atoms with Gasteiger partial charge in [0.15, 0.2) is 0 Å². The van der Waals surface area contributed by atoms with Gasteiger partial charge in [-0.05, 0) is 61.6 Å². The van der Waals surface area contributed by atoms with E-state index in [1.54, 1.807) is 0 Å². The Morgan fingerprint density at radius 3 is 2.00 bits per heavy atom. The third-order valence-corrected chi connectivity index (χ3v) is 4.38. The molecule has 2 rings (SSSR count). The molecule has 0 aromatic heterocycles. The minimum atomic E-state index is -0.572. The van der Waals surface area contributed by atoms with Crippen LogP contribution in [0.25, 0.3) is 0 Å². The Hall–Kier alpha value is -1.12. The van der Waals surface area contributed by atoms with Gasteiger partial charge in [-0.1, -0.05) is 45.8 Å². The second-order valence-electron chi connectivity index (χ2n) is 5.22. The highest BCUT2D eigenvalue weighted by molar-refractivity contribution is 9.10. The predicted octanol–water partition coefficient (Wildman–Crippen LogP) is 4.76. The minimum Gasteiger partial charge on any atom is -0.384 e. The van der Waals surface area contributed by atoms with E-state index in [0.29, 0.717) is 0 Å². The summed E-state index contributed by atoms with van der Waals surface area (Å²) in [5, 5.41) is 10.6. The highest BCUT2D eigenvalue weighted by atomic mass is 79.9. The highest BCUT2D eigenvalue weighted by Gasteiger charge is 2.16. The molecule has 19 heavy (non-hydrogen) atoms. The van der Waals surface area contributed by atoms with E-state index < -0.39 is 6.10 Å². The van der Waals surface area contributed by atoms with Gasteiger partial charge in [0.2, 0.25) is 0 Å². The number of aryl methyl sites for hydroxylation is 4. The summed E-state index contributed by atoms with van der Waals surface area (Å²) in [6, 6.07) is 10.3. The van der Waals surface area contributed by atoms with Gasteiger partial charge in [0.1, 0.15) is 6.10 Å². The molecular weight excluding hydrogens is 300 g/mol. The molecule has 0 saturated carbocycles. The van der Waals surface area contributed by atoms with Gasteiger partial charge in [-0.15, -0.1) is 0 Å². The van der Waals surface area contributed by atoms with Crippen LogP contribution in [0.2, 0.25) is 0 Å². The lowest BCUT2D eigenvalue weighted by molar-refractivity contribution is 0.218. The second kappa shape index (κ2) is 5.48. The maximum absolute atomic E-state index is 10.6. The molecule has 0 spiro atoms. The van der Waals surface area contributed by atoms with E-state index in [0.717, 1.165) is 26.7 Å². The Bertz CT molecular complexity index is 594. The first-order chi connectivity index (χ1) is 8.90. The Labute approximate surface area is 123 Å². The summed E-state index contributed by atoms with van der Waals surface area (Å²) in [4.78, 5) is 0. The van der Waals surface area contributed by atoms with Gasteiger partial charge in [0.25, 0.3) is 0 Å². The number of aliphatic hydroxyl groups is 1. The van der Waals surface area contributed by atoms with Gasteiger partial charge in [0.05, 0.1) is 0 Å². The number of hydrogen-bond donors (Lipinski definition) is 1. The molecule has 0 bridgehead atoms. The molecule has 0 aliphatic rings. The van der Waals surface area contributed by atoms with Gasteiger partial charge in [0, 0.05) is 4.47 Å². The molecule has 1 N–H and O–H groups in total. The molecule has 1 nitrogen and oxygen atoms in total. The van der Waals surface area contributed by atoms with Crippen LogP contribution in [-0.4, -0.2) is 5.11 Å². The highest BCUT2D eigenvalue weighted by Crippen LogP contribution is 2.30. The summed E-state index contributed by atoms with van der Waals surface area (Å²) >= 11 is 3.52. The quantitative estimate of drug-likeness (QED) is 0.846. The zero-order chi connectivity index (χ0) is 14.2. The van der Waals surface area contributed by atoms with E-state index >= 15 is 0 Å². The van der Waals surface area contributed by atoms with Gasteiger partial charge in [-0.2, -0.15) is 0 Å². The van der Waals surface area contributed by atoms with Crippen LogP contribution in [-0.2, 0) is 0 Å². The van der Waals surface area contributed by atoms with E-state index in [-0.39, 0.29) is 0 Å². The van der Waals surface area contributed by atoms with Crippen molar-refractivity contribution in [3.8, 4) is 0 Å². The molecule has 2 aromatic rings. The Morgan fingerprint density at radius 2 is 1.47 bits per heavy atom. The van der Waals surface area contributed by atoms with Crippen LogP contribution in [0.3, 0.4) is 0 Å². The zero-order valence-corrected chi connectivity index (χ0v) is 13.4. The van der Waals surface area contributed by atoms with Crippen molar-refractivity contribution in [1.82, 2.24) is 0 Å². The van der Waals surface area contributed by atoms with E-state index in [4.69, 9.17) is 0 Å². The Kier molecular flexibility index (Phi) is 4.12. The molecular formula is C17H19BrO. The first kappa shape index (κ1) is 14.3. The van der Waals surface area contributed by atoms with Gasteiger partial charge >= 0.3 is 0 Å². The molecule has 2 heteroatoms. The fraction of sp³-hybridized carbons (Fsp3) is 0.294. The molecule has 0 aliphatic heterocycles. The molecule has 2 aromatic carbocycles.